The van der Waals surface area contributed by atoms with E-state index in [-0.39, 0.29) is 6.10 Å². The minimum Gasteiger partial charge on any atom is -0.393 e. The van der Waals surface area contributed by atoms with Gasteiger partial charge in [0.15, 0.2) is 0 Å². The van der Waals surface area contributed by atoms with Crippen LogP contribution in [0.5, 0.6) is 0 Å². The number of rotatable bonds is 11. The lowest BCUT2D eigenvalue weighted by atomic mass is 9.85. The molecule has 1 atom stereocenters. The van der Waals surface area contributed by atoms with Gasteiger partial charge in [-0.15, -0.1) is 0 Å². The molecule has 0 aromatic heterocycles. The van der Waals surface area contributed by atoms with Gasteiger partial charge in [0.2, 0.25) is 0 Å². The van der Waals surface area contributed by atoms with E-state index in [1.54, 1.807) is 0 Å². The van der Waals surface area contributed by atoms with Crippen molar-refractivity contribution in [3.05, 3.63) is 0 Å². The molecule has 1 heteroatoms. The van der Waals surface area contributed by atoms with Crippen molar-refractivity contribution in [1.82, 2.24) is 0 Å². The minimum atomic E-state index is -0.0161. The van der Waals surface area contributed by atoms with Crippen molar-refractivity contribution in [2.45, 2.75) is 109 Å². The Morgan fingerprint density at radius 1 is 0.842 bits per heavy atom. The smallest absolute Gasteiger partial charge is 0.0540 e. The van der Waals surface area contributed by atoms with Crippen LogP contribution in [0.1, 0.15) is 103 Å². The molecule has 1 saturated carbocycles. The quantitative estimate of drug-likeness (QED) is 0.466. The summed E-state index contributed by atoms with van der Waals surface area (Å²) in [6.07, 6.45) is 20.0. The molecule has 1 aliphatic rings. The molecule has 0 spiro atoms. The van der Waals surface area contributed by atoms with Crippen molar-refractivity contribution in [2.75, 3.05) is 0 Å². The van der Waals surface area contributed by atoms with E-state index in [1.165, 1.54) is 83.5 Å². The second kappa shape index (κ2) is 11.8. The lowest BCUT2D eigenvalue weighted by Crippen LogP contribution is -2.12. The van der Waals surface area contributed by atoms with Crippen LogP contribution in [0.4, 0.5) is 0 Å². The fraction of sp³-hybridized carbons (Fsp3) is 1.00. The van der Waals surface area contributed by atoms with E-state index in [4.69, 9.17) is 0 Å². The third kappa shape index (κ3) is 9.49. The van der Waals surface area contributed by atoms with Crippen LogP contribution in [0.3, 0.4) is 0 Å². The van der Waals surface area contributed by atoms with Gasteiger partial charge in [-0.3, -0.25) is 0 Å². The van der Waals surface area contributed by atoms with E-state index in [1.807, 2.05) is 0 Å². The zero-order chi connectivity index (χ0) is 13.8. The van der Waals surface area contributed by atoms with Gasteiger partial charge in [-0.05, 0) is 25.2 Å². The SMILES string of the molecule is CCCCCCCCCC(O)CCC1CCCCC1. The number of aliphatic hydroxyl groups excluding tert-OH is 1. The van der Waals surface area contributed by atoms with Crippen molar-refractivity contribution in [3.8, 4) is 0 Å². The highest BCUT2D eigenvalue weighted by Crippen LogP contribution is 2.28. The third-order valence-corrected chi connectivity index (χ3v) is 4.77. The largest absolute Gasteiger partial charge is 0.393 e. The summed E-state index contributed by atoms with van der Waals surface area (Å²) < 4.78 is 0. The van der Waals surface area contributed by atoms with Crippen LogP contribution >= 0.6 is 0 Å². The van der Waals surface area contributed by atoms with Gasteiger partial charge >= 0.3 is 0 Å². The van der Waals surface area contributed by atoms with Gasteiger partial charge in [-0.1, -0.05) is 84.0 Å². The normalized spacial score (nSPS) is 18.6. The third-order valence-electron chi connectivity index (χ3n) is 4.77. The summed E-state index contributed by atoms with van der Waals surface area (Å²) >= 11 is 0. The predicted octanol–water partition coefficient (Wildman–Crippen LogP) is 5.85. The lowest BCUT2D eigenvalue weighted by Gasteiger charge is -2.22. The Morgan fingerprint density at radius 3 is 2.16 bits per heavy atom. The molecule has 0 saturated heterocycles. The predicted molar refractivity (Wildman–Crippen MR) is 84.4 cm³/mol. The highest BCUT2D eigenvalue weighted by atomic mass is 16.3. The van der Waals surface area contributed by atoms with Gasteiger partial charge in [0.05, 0.1) is 6.10 Å². The first-order valence-electron chi connectivity index (χ1n) is 9.01. The first-order valence-corrected chi connectivity index (χ1v) is 9.01. The molecule has 19 heavy (non-hydrogen) atoms. The van der Waals surface area contributed by atoms with Gasteiger partial charge in [-0.25, -0.2) is 0 Å². The van der Waals surface area contributed by atoms with Crippen LogP contribution in [0.15, 0.2) is 0 Å². The van der Waals surface area contributed by atoms with Crippen LogP contribution in [0, 0.1) is 5.92 Å². The number of hydrogen-bond donors (Lipinski definition) is 1. The molecule has 0 bridgehead atoms. The monoisotopic (exact) mass is 268 g/mol. The minimum absolute atomic E-state index is 0.0161. The Morgan fingerprint density at radius 2 is 1.47 bits per heavy atom. The maximum Gasteiger partial charge on any atom is 0.0540 e. The van der Waals surface area contributed by atoms with Crippen molar-refractivity contribution in [3.63, 3.8) is 0 Å². The molecule has 0 aromatic carbocycles. The van der Waals surface area contributed by atoms with Crippen LogP contribution in [0.2, 0.25) is 0 Å². The number of hydrogen-bond acceptors (Lipinski definition) is 1. The van der Waals surface area contributed by atoms with Crippen molar-refractivity contribution < 1.29 is 5.11 Å². The highest BCUT2D eigenvalue weighted by molar-refractivity contribution is 4.68. The molecule has 1 nitrogen and oxygen atoms in total. The molecule has 0 amide bonds. The van der Waals surface area contributed by atoms with Crippen molar-refractivity contribution in [2.24, 2.45) is 5.92 Å². The topological polar surface area (TPSA) is 20.2 Å². The molecule has 0 heterocycles. The summed E-state index contributed by atoms with van der Waals surface area (Å²) in [5.74, 6) is 0.928. The van der Waals surface area contributed by atoms with Gasteiger partial charge in [0, 0.05) is 0 Å². The van der Waals surface area contributed by atoms with E-state index < -0.39 is 0 Å². The second-order valence-electron chi connectivity index (χ2n) is 6.65. The summed E-state index contributed by atoms with van der Waals surface area (Å²) in [7, 11) is 0. The van der Waals surface area contributed by atoms with E-state index in [9.17, 15) is 5.11 Å². The Bertz CT molecular complexity index is 184. The maximum atomic E-state index is 10.0. The van der Waals surface area contributed by atoms with E-state index in [2.05, 4.69) is 6.92 Å². The first-order chi connectivity index (χ1) is 9.33. The molecular formula is C18H36O. The molecule has 114 valence electrons. The number of aliphatic hydroxyl groups is 1. The standard InChI is InChI=1S/C18H36O/c1-2-3-4-5-6-7-11-14-18(19)16-15-17-12-9-8-10-13-17/h17-19H,2-16H2,1H3. The average Bonchev–Trinajstić information content (AvgIpc) is 2.45. The molecule has 1 fully saturated rings. The van der Waals surface area contributed by atoms with Crippen molar-refractivity contribution >= 4 is 0 Å². The van der Waals surface area contributed by atoms with Crippen LogP contribution in [-0.2, 0) is 0 Å². The summed E-state index contributed by atoms with van der Waals surface area (Å²) in [4.78, 5) is 0. The Hall–Kier alpha value is -0.0400. The van der Waals surface area contributed by atoms with Crippen LogP contribution < -0.4 is 0 Å². The molecular weight excluding hydrogens is 232 g/mol. The fourth-order valence-electron chi connectivity index (χ4n) is 3.39. The van der Waals surface area contributed by atoms with Gasteiger partial charge in [0.1, 0.15) is 0 Å². The van der Waals surface area contributed by atoms with Gasteiger partial charge in [0.25, 0.3) is 0 Å². The Kier molecular flexibility index (Phi) is 10.5. The molecule has 0 aliphatic heterocycles. The fourth-order valence-corrected chi connectivity index (χ4v) is 3.39. The zero-order valence-electron chi connectivity index (χ0n) is 13.2. The Balaban J connectivity index is 1.85. The summed E-state index contributed by atoms with van der Waals surface area (Å²) in [6, 6.07) is 0. The van der Waals surface area contributed by atoms with E-state index >= 15 is 0 Å². The second-order valence-corrected chi connectivity index (χ2v) is 6.65. The van der Waals surface area contributed by atoms with Crippen LogP contribution in [0.25, 0.3) is 0 Å². The highest BCUT2D eigenvalue weighted by Gasteiger charge is 2.14. The number of unbranched alkanes of at least 4 members (excludes halogenated alkanes) is 6. The first kappa shape index (κ1) is 17.0. The Labute approximate surface area is 121 Å². The molecule has 1 unspecified atom stereocenters. The van der Waals surface area contributed by atoms with E-state index in [0.717, 1.165) is 18.8 Å². The van der Waals surface area contributed by atoms with Gasteiger partial charge < -0.3 is 5.11 Å². The lowest BCUT2D eigenvalue weighted by molar-refractivity contribution is 0.137. The summed E-state index contributed by atoms with van der Waals surface area (Å²) in [5, 5.41) is 10.0. The molecule has 0 radical (unpaired) electrons. The summed E-state index contributed by atoms with van der Waals surface area (Å²) in [5.41, 5.74) is 0. The zero-order valence-corrected chi connectivity index (χ0v) is 13.2. The molecule has 1 N–H and O–H groups in total. The molecule has 1 aliphatic carbocycles. The average molecular weight is 268 g/mol. The van der Waals surface area contributed by atoms with E-state index in [0.29, 0.717) is 0 Å². The van der Waals surface area contributed by atoms with Gasteiger partial charge in [-0.2, -0.15) is 0 Å². The summed E-state index contributed by atoms with van der Waals surface area (Å²) in [6.45, 7) is 2.27. The van der Waals surface area contributed by atoms with Crippen molar-refractivity contribution in [1.29, 1.82) is 0 Å². The maximum absolute atomic E-state index is 10.0. The van der Waals surface area contributed by atoms with Crippen LogP contribution in [-0.4, -0.2) is 11.2 Å². The molecule has 0 aromatic rings. The molecule has 1 rings (SSSR count).